The highest BCUT2D eigenvalue weighted by atomic mass is 79.9. The third-order valence-corrected chi connectivity index (χ3v) is 4.48. The fraction of sp³-hybridized carbons (Fsp3) is 0.167. The lowest BCUT2D eigenvalue weighted by Crippen LogP contribution is -2.00. The summed E-state index contributed by atoms with van der Waals surface area (Å²) in [4.78, 5) is 4.93. The van der Waals surface area contributed by atoms with Crippen molar-refractivity contribution in [3.63, 3.8) is 0 Å². The predicted octanol–water partition coefficient (Wildman–Crippen LogP) is 5.32. The topological polar surface area (TPSA) is 24.9 Å². The van der Waals surface area contributed by atoms with Crippen molar-refractivity contribution < 1.29 is 0 Å². The molecule has 0 unspecified atom stereocenters. The van der Waals surface area contributed by atoms with E-state index in [2.05, 4.69) is 59.4 Å². The fourth-order valence-electron chi connectivity index (χ4n) is 2.78. The molecular weight excluding hydrogens is 324 g/mol. The summed E-state index contributed by atoms with van der Waals surface area (Å²) in [6.07, 6.45) is 0. The molecule has 0 saturated carbocycles. The van der Waals surface area contributed by atoms with Crippen LogP contribution in [0, 0.1) is 13.8 Å². The molecule has 3 aromatic rings. The van der Waals surface area contributed by atoms with Crippen LogP contribution in [-0.2, 0) is 0 Å². The van der Waals surface area contributed by atoms with Gasteiger partial charge < -0.3 is 5.32 Å². The lowest BCUT2D eigenvalue weighted by Gasteiger charge is -2.16. The first-order chi connectivity index (χ1) is 10.1. The van der Waals surface area contributed by atoms with Gasteiger partial charge in [0.15, 0.2) is 0 Å². The summed E-state index contributed by atoms with van der Waals surface area (Å²) in [5.41, 5.74) is 6.73. The molecule has 1 heterocycles. The molecule has 0 radical (unpaired) electrons. The Labute approximate surface area is 133 Å². The summed E-state index contributed by atoms with van der Waals surface area (Å²) in [6.45, 7) is 4.25. The number of halogens is 1. The van der Waals surface area contributed by atoms with Gasteiger partial charge in [-0.15, -0.1) is 0 Å². The zero-order chi connectivity index (χ0) is 15.0. The van der Waals surface area contributed by atoms with Gasteiger partial charge in [-0.1, -0.05) is 36.4 Å². The maximum absolute atomic E-state index is 4.93. The number of rotatable bonds is 2. The van der Waals surface area contributed by atoms with Crippen LogP contribution < -0.4 is 5.32 Å². The average Bonchev–Trinajstić information content (AvgIpc) is 2.51. The minimum Gasteiger partial charge on any atom is -0.387 e. The SMILES string of the molecule is CNc1c(C)c(-c2ccccc2)nc2c(Br)ccc(C)c12. The third kappa shape index (κ3) is 2.32. The number of aryl methyl sites for hydroxylation is 1. The highest BCUT2D eigenvalue weighted by molar-refractivity contribution is 9.10. The van der Waals surface area contributed by atoms with Crippen LogP contribution in [0.4, 0.5) is 5.69 Å². The van der Waals surface area contributed by atoms with Crippen molar-refractivity contribution in [1.82, 2.24) is 4.98 Å². The Kier molecular flexibility index (Phi) is 3.68. The third-order valence-electron chi connectivity index (χ3n) is 3.84. The fourth-order valence-corrected chi connectivity index (χ4v) is 3.20. The van der Waals surface area contributed by atoms with Crippen LogP contribution in [0.15, 0.2) is 46.9 Å². The Morgan fingerprint density at radius 1 is 1.00 bits per heavy atom. The van der Waals surface area contributed by atoms with Gasteiger partial charge in [0, 0.05) is 28.2 Å². The first-order valence-electron chi connectivity index (χ1n) is 6.96. The summed E-state index contributed by atoms with van der Waals surface area (Å²) in [5.74, 6) is 0. The summed E-state index contributed by atoms with van der Waals surface area (Å²) in [5, 5.41) is 4.54. The maximum atomic E-state index is 4.93. The molecule has 21 heavy (non-hydrogen) atoms. The number of benzene rings is 2. The average molecular weight is 341 g/mol. The highest BCUT2D eigenvalue weighted by Gasteiger charge is 2.15. The molecule has 1 N–H and O–H groups in total. The van der Waals surface area contributed by atoms with Crippen molar-refractivity contribution in [2.45, 2.75) is 13.8 Å². The van der Waals surface area contributed by atoms with Gasteiger partial charge in [0.2, 0.25) is 0 Å². The second-order valence-electron chi connectivity index (χ2n) is 5.16. The molecule has 0 bridgehead atoms. The molecule has 0 aliphatic rings. The van der Waals surface area contributed by atoms with E-state index < -0.39 is 0 Å². The summed E-state index contributed by atoms with van der Waals surface area (Å²) < 4.78 is 1.02. The zero-order valence-corrected chi connectivity index (χ0v) is 14.0. The van der Waals surface area contributed by atoms with Crippen molar-refractivity contribution >= 4 is 32.5 Å². The van der Waals surface area contributed by atoms with E-state index in [1.807, 2.05) is 25.2 Å². The van der Waals surface area contributed by atoms with Gasteiger partial charge >= 0.3 is 0 Å². The number of hydrogen-bond donors (Lipinski definition) is 1. The van der Waals surface area contributed by atoms with E-state index in [1.54, 1.807) is 0 Å². The Morgan fingerprint density at radius 3 is 2.38 bits per heavy atom. The van der Waals surface area contributed by atoms with E-state index in [1.165, 1.54) is 16.5 Å². The Morgan fingerprint density at radius 2 is 1.71 bits per heavy atom. The van der Waals surface area contributed by atoms with E-state index in [0.29, 0.717) is 0 Å². The number of fused-ring (bicyclic) bond motifs is 1. The van der Waals surface area contributed by atoms with Gasteiger partial charge in [-0.25, -0.2) is 4.98 Å². The van der Waals surface area contributed by atoms with E-state index in [0.717, 1.165) is 26.9 Å². The van der Waals surface area contributed by atoms with Crippen molar-refractivity contribution in [1.29, 1.82) is 0 Å². The van der Waals surface area contributed by atoms with E-state index in [4.69, 9.17) is 4.98 Å². The molecular formula is C18H17BrN2. The maximum Gasteiger partial charge on any atom is 0.0875 e. The van der Waals surface area contributed by atoms with Gasteiger partial charge in [-0.05, 0) is 47.0 Å². The first kappa shape index (κ1) is 14.1. The molecule has 106 valence electrons. The highest BCUT2D eigenvalue weighted by Crippen LogP contribution is 2.37. The molecule has 0 aliphatic heterocycles. The molecule has 0 saturated heterocycles. The minimum absolute atomic E-state index is 1.00. The molecule has 2 aromatic carbocycles. The van der Waals surface area contributed by atoms with Crippen LogP contribution in [-0.4, -0.2) is 12.0 Å². The van der Waals surface area contributed by atoms with Crippen molar-refractivity contribution in [2.24, 2.45) is 0 Å². The minimum atomic E-state index is 1.00. The van der Waals surface area contributed by atoms with Crippen LogP contribution in [0.3, 0.4) is 0 Å². The number of aromatic nitrogens is 1. The van der Waals surface area contributed by atoms with Gasteiger partial charge in [0.1, 0.15) is 0 Å². The van der Waals surface area contributed by atoms with E-state index in [9.17, 15) is 0 Å². The molecule has 0 aliphatic carbocycles. The quantitative estimate of drug-likeness (QED) is 0.682. The number of hydrogen-bond acceptors (Lipinski definition) is 2. The molecule has 1 aromatic heterocycles. The second-order valence-corrected chi connectivity index (χ2v) is 6.02. The Balaban J connectivity index is 2.44. The van der Waals surface area contributed by atoms with E-state index >= 15 is 0 Å². The monoisotopic (exact) mass is 340 g/mol. The summed E-state index contributed by atoms with van der Waals surface area (Å²) >= 11 is 3.64. The van der Waals surface area contributed by atoms with Crippen molar-refractivity contribution in [2.75, 3.05) is 12.4 Å². The first-order valence-corrected chi connectivity index (χ1v) is 7.75. The molecule has 0 atom stereocenters. The molecule has 2 nitrogen and oxygen atoms in total. The molecule has 3 rings (SSSR count). The molecule has 0 fully saturated rings. The normalized spacial score (nSPS) is 10.9. The van der Waals surface area contributed by atoms with Gasteiger partial charge in [0.25, 0.3) is 0 Å². The van der Waals surface area contributed by atoms with Crippen LogP contribution in [0.1, 0.15) is 11.1 Å². The van der Waals surface area contributed by atoms with Crippen molar-refractivity contribution in [3.8, 4) is 11.3 Å². The summed E-state index contributed by atoms with van der Waals surface area (Å²) in [6, 6.07) is 14.5. The van der Waals surface area contributed by atoms with Crippen LogP contribution in [0.25, 0.3) is 22.2 Å². The molecule has 0 spiro atoms. The number of nitrogens with zero attached hydrogens (tertiary/aromatic N) is 1. The number of anilines is 1. The summed E-state index contributed by atoms with van der Waals surface area (Å²) in [7, 11) is 1.97. The van der Waals surface area contributed by atoms with Crippen LogP contribution >= 0.6 is 15.9 Å². The van der Waals surface area contributed by atoms with Gasteiger partial charge in [-0.3, -0.25) is 0 Å². The van der Waals surface area contributed by atoms with E-state index in [-0.39, 0.29) is 0 Å². The smallest absolute Gasteiger partial charge is 0.0875 e. The van der Waals surface area contributed by atoms with Crippen LogP contribution in [0.5, 0.6) is 0 Å². The number of nitrogens with one attached hydrogen (secondary N) is 1. The second kappa shape index (κ2) is 5.49. The standard InChI is InChI=1S/C18H17BrN2/c1-11-9-10-14(19)18-15(11)17(20-3)12(2)16(21-18)13-7-5-4-6-8-13/h4-10H,1-3H3,(H,20,21). The van der Waals surface area contributed by atoms with Gasteiger partial charge in [0.05, 0.1) is 11.2 Å². The van der Waals surface area contributed by atoms with Gasteiger partial charge in [-0.2, -0.15) is 0 Å². The number of pyridine rings is 1. The zero-order valence-electron chi connectivity index (χ0n) is 12.4. The van der Waals surface area contributed by atoms with Crippen molar-refractivity contribution in [3.05, 3.63) is 58.1 Å². The molecule has 3 heteroatoms. The lowest BCUT2D eigenvalue weighted by atomic mass is 9.99. The Hall–Kier alpha value is -1.87. The largest absolute Gasteiger partial charge is 0.387 e. The lowest BCUT2D eigenvalue weighted by molar-refractivity contribution is 1.30. The Bertz CT molecular complexity index is 811. The predicted molar refractivity (Wildman–Crippen MR) is 93.9 cm³/mol. The van der Waals surface area contributed by atoms with Crippen LogP contribution in [0.2, 0.25) is 0 Å². The molecule has 0 amide bonds.